The number of aromatic amines is 1. The van der Waals surface area contributed by atoms with Crippen LogP contribution in [0.3, 0.4) is 0 Å². The van der Waals surface area contributed by atoms with Gasteiger partial charge in [0.1, 0.15) is 11.6 Å². The topological polar surface area (TPSA) is 76.9 Å². The summed E-state index contributed by atoms with van der Waals surface area (Å²) in [5.74, 6) is -1.22. The van der Waals surface area contributed by atoms with Crippen LogP contribution in [0, 0.1) is 11.3 Å². The normalized spacial score (nSPS) is 12.2. The monoisotopic (exact) mass is 264 g/mol. The van der Waals surface area contributed by atoms with Gasteiger partial charge in [-0.15, -0.1) is 0 Å². The highest BCUT2D eigenvalue weighted by molar-refractivity contribution is 5.91. The van der Waals surface area contributed by atoms with Gasteiger partial charge in [0.15, 0.2) is 0 Å². The zero-order valence-electron chi connectivity index (χ0n) is 10.6. The largest absolute Gasteiger partial charge is 0.477 e. The molecular formula is C16H12N2O2. The molecule has 4 heteroatoms. The van der Waals surface area contributed by atoms with Gasteiger partial charge in [0.05, 0.1) is 0 Å². The van der Waals surface area contributed by atoms with Crippen molar-refractivity contribution in [3.05, 3.63) is 65.9 Å². The minimum atomic E-state index is -1.22. The maximum Gasteiger partial charge on any atom is 0.346 e. The number of nitrogens with zero attached hydrogens (tertiary/aromatic N) is 1. The second-order valence-corrected chi connectivity index (χ2v) is 4.03. The number of carboxylic acids is 1. The van der Waals surface area contributed by atoms with E-state index < -0.39 is 5.97 Å². The first-order chi connectivity index (χ1) is 9.72. The lowest BCUT2D eigenvalue weighted by atomic mass is 10.1. The molecule has 0 spiro atoms. The maximum atomic E-state index is 10.6. The number of carboxylic acid groups (broad SMARTS) is 1. The summed E-state index contributed by atoms with van der Waals surface area (Å²) in [6.07, 6.45) is 10.1. The maximum absolute atomic E-state index is 10.6. The summed E-state index contributed by atoms with van der Waals surface area (Å²) in [5, 5.41) is 18.3. The van der Waals surface area contributed by atoms with Gasteiger partial charge in [-0.1, -0.05) is 42.5 Å². The van der Waals surface area contributed by atoms with Crippen LogP contribution in [-0.2, 0) is 4.79 Å². The summed E-state index contributed by atoms with van der Waals surface area (Å²) in [4.78, 5) is 13.7. The molecular weight excluding hydrogens is 252 g/mol. The van der Waals surface area contributed by atoms with Gasteiger partial charge in [0.2, 0.25) is 0 Å². The van der Waals surface area contributed by atoms with E-state index in [1.165, 1.54) is 12.2 Å². The van der Waals surface area contributed by atoms with E-state index >= 15 is 0 Å². The first-order valence-corrected chi connectivity index (χ1v) is 5.97. The van der Waals surface area contributed by atoms with Crippen LogP contribution in [0.25, 0.3) is 17.0 Å². The van der Waals surface area contributed by atoms with Crippen molar-refractivity contribution in [2.24, 2.45) is 0 Å². The molecule has 1 aromatic carbocycles. The van der Waals surface area contributed by atoms with E-state index in [9.17, 15) is 4.79 Å². The third kappa shape index (κ3) is 3.03. The lowest BCUT2D eigenvalue weighted by Gasteiger charge is -1.89. The van der Waals surface area contributed by atoms with Crippen molar-refractivity contribution < 1.29 is 9.90 Å². The average Bonchev–Trinajstić information content (AvgIpc) is 2.86. The van der Waals surface area contributed by atoms with Crippen LogP contribution in [0.2, 0.25) is 0 Å². The molecule has 0 amide bonds. The second kappa shape index (κ2) is 6.21. The van der Waals surface area contributed by atoms with Crippen LogP contribution >= 0.6 is 0 Å². The number of nitriles is 1. The molecule has 0 fully saturated rings. The van der Waals surface area contributed by atoms with Crippen LogP contribution in [0.15, 0.2) is 60.3 Å². The molecule has 0 aliphatic carbocycles. The van der Waals surface area contributed by atoms with Gasteiger partial charge in [0, 0.05) is 17.1 Å². The third-order valence-corrected chi connectivity index (χ3v) is 2.73. The quantitative estimate of drug-likeness (QED) is 0.505. The van der Waals surface area contributed by atoms with Gasteiger partial charge >= 0.3 is 5.97 Å². The molecule has 98 valence electrons. The second-order valence-electron chi connectivity index (χ2n) is 4.03. The Bertz CT molecular complexity index is 758. The Labute approximate surface area is 116 Å². The molecule has 0 bridgehead atoms. The Morgan fingerprint density at radius 3 is 2.80 bits per heavy atom. The minimum Gasteiger partial charge on any atom is -0.477 e. The van der Waals surface area contributed by atoms with Crippen molar-refractivity contribution in [1.29, 1.82) is 5.26 Å². The molecule has 0 saturated carbocycles. The Morgan fingerprint density at radius 1 is 1.25 bits per heavy atom. The number of para-hydroxylation sites is 1. The Hall–Kier alpha value is -3.06. The molecule has 1 heterocycles. The predicted molar refractivity (Wildman–Crippen MR) is 77.8 cm³/mol. The Kier molecular flexibility index (Phi) is 4.15. The van der Waals surface area contributed by atoms with Crippen molar-refractivity contribution in [2.45, 2.75) is 0 Å². The number of hydrogen-bond acceptors (Lipinski definition) is 2. The highest BCUT2D eigenvalue weighted by Gasteiger charge is 2.02. The Morgan fingerprint density at radius 2 is 2.05 bits per heavy atom. The molecule has 0 atom stereocenters. The smallest absolute Gasteiger partial charge is 0.346 e. The molecule has 0 unspecified atom stereocenters. The van der Waals surface area contributed by atoms with Crippen LogP contribution in [0.1, 0.15) is 5.56 Å². The van der Waals surface area contributed by atoms with E-state index in [0.717, 1.165) is 16.5 Å². The number of nitrogens with one attached hydrogen (secondary N) is 1. The minimum absolute atomic E-state index is 0.290. The zero-order valence-corrected chi connectivity index (χ0v) is 10.6. The van der Waals surface area contributed by atoms with Gasteiger partial charge < -0.3 is 10.1 Å². The van der Waals surface area contributed by atoms with Crippen molar-refractivity contribution >= 4 is 22.9 Å². The molecule has 0 saturated heterocycles. The van der Waals surface area contributed by atoms with E-state index in [4.69, 9.17) is 10.4 Å². The van der Waals surface area contributed by atoms with Crippen molar-refractivity contribution in [1.82, 2.24) is 4.98 Å². The Balaban J connectivity index is 2.11. The number of aliphatic carboxylic acids is 1. The van der Waals surface area contributed by atoms with Crippen LogP contribution < -0.4 is 0 Å². The van der Waals surface area contributed by atoms with Gasteiger partial charge in [-0.25, -0.2) is 4.79 Å². The number of benzene rings is 1. The molecule has 0 radical (unpaired) electrons. The standard InChI is InChI=1S/C16H12N2O2/c17-10-12(16(19)20)6-2-1-3-7-13-11-18-15-9-5-4-8-14(13)15/h1-9,11,18H,(H,19,20). The number of H-pyrrole nitrogens is 1. The molecule has 2 aromatic rings. The zero-order chi connectivity index (χ0) is 14.4. The predicted octanol–water partition coefficient (Wildman–Crippen LogP) is 3.27. The van der Waals surface area contributed by atoms with Crippen LogP contribution in [0.5, 0.6) is 0 Å². The molecule has 0 aliphatic heterocycles. The fourth-order valence-corrected chi connectivity index (χ4v) is 1.76. The van der Waals surface area contributed by atoms with Gasteiger partial charge in [-0.3, -0.25) is 0 Å². The van der Waals surface area contributed by atoms with E-state index in [1.807, 2.05) is 36.5 Å². The average molecular weight is 264 g/mol. The number of fused-ring (bicyclic) bond motifs is 1. The molecule has 20 heavy (non-hydrogen) atoms. The number of rotatable bonds is 4. The lowest BCUT2D eigenvalue weighted by molar-refractivity contribution is -0.132. The van der Waals surface area contributed by atoms with Crippen molar-refractivity contribution in [2.75, 3.05) is 0 Å². The summed E-state index contributed by atoms with van der Waals surface area (Å²) < 4.78 is 0. The van der Waals surface area contributed by atoms with Crippen LogP contribution in [-0.4, -0.2) is 16.1 Å². The lowest BCUT2D eigenvalue weighted by Crippen LogP contribution is -1.96. The highest BCUT2D eigenvalue weighted by Crippen LogP contribution is 2.18. The molecule has 1 aromatic heterocycles. The van der Waals surface area contributed by atoms with Gasteiger partial charge in [-0.05, 0) is 17.7 Å². The number of aromatic nitrogens is 1. The fourth-order valence-electron chi connectivity index (χ4n) is 1.76. The molecule has 4 nitrogen and oxygen atoms in total. The fraction of sp³-hybridized carbons (Fsp3) is 0. The van der Waals surface area contributed by atoms with E-state index in [1.54, 1.807) is 18.2 Å². The summed E-state index contributed by atoms with van der Waals surface area (Å²) in [6.45, 7) is 0. The molecule has 2 rings (SSSR count). The number of allylic oxidation sites excluding steroid dienone is 4. The van der Waals surface area contributed by atoms with Gasteiger partial charge in [-0.2, -0.15) is 5.26 Å². The summed E-state index contributed by atoms with van der Waals surface area (Å²) >= 11 is 0. The van der Waals surface area contributed by atoms with E-state index in [-0.39, 0.29) is 5.57 Å². The van der Waals surface area contributed by atoms with Crippen molar-refractivity contribution in [3.8, 4) is 6.07 Å². The highest BCUT2D eigenvalue weighted by atomic mass is 16.4. The third-order valence-electron chi connectivity index (χ3n) is 2.73. The first kappa shape index (κ1) is 13.4. The molecule has 2 N–H and O–H groups in total. The SMILES string of the molecule is N#CC(=CC=CC=Cc1c[nH]c2ccccc12)C(=O)O. The first-order valence-electron chi connectivity index (χ1n) is 5.97. The van der Waals surface area contributed by atoms with E-state index in [2.05, 4.69) is 4.98 Å². The summed E-state index contributed by atoms with van der Waals surface area (Å²) in [7, 11) is 0. The van der Waals surface area contributed by atoms with Gasteiger partial charge in [0.25, 0.3) is 0 Å². The van der Waals surface area contributed by atoms with E-state index in [0.29, 0.717) is 0 Å². The summed E-state index contributed by atoms with van der Waals surface area (Å²) in [5.41, 5.74) is 1.82. The summed E-state index contributed by atoms with van der Waals surface area (Å²) in [6, 6.07) is 9.56. The van der Waals surface area contributed by atoms with Crippen LogP contribution in [0.4, 0.5) is 0 Å². The number of hydrogen-bond donors (Lipinski definition) is 2. The molecule has 0 aliphatic rings. The number of carbonyl (C=O) groups is 1. The van der Waals surface area contributed by atoms with Crippen molar-refractivity contribution in [3.63, 3.8) is 0 Å².